The fourth-order valence-corrected chi connectivity index (χ4v) is 1.46. The van der Waals surface area contributed by atoms with Crippen molar-refractivity contribution in [2.75, 3.05) is 6.67 Å². The van der Waals surface area contributed by atoms with Gasteiger partial charge in [-0.05, 0) is 37.7 Å². The van der Waals surface area contributed by atoms with Gasteiger partial charge in [0.1, 0.15) is 0 Å². The van der Waals surface area contributed by atoms with E-state index >= 15 is 0 Å². The van der Waals surface area contributed by atoms with E-state index in [1.54, 1.807) is 6.92 Å². The highest BCUT2D eigenvalue weighted by atomic mass is 19.1. The number of aliphatic hydroxyl groups is 1. The molecule has 1 saturated carbocycles. The van der Waals surface area contributed by atoms with Crippen LogP contribution in [0.15, 0.2) is 12.2 Å². The van der Waals surface area contributed by atoms with Gasteiger partial charge in [0.05, 0.1) is 12.3 Å². The molecule has 0 saturated heterocycles. The van der Waals surface area contributed by atoms with Crippen LogP contribution < -0.4 is 0 Å². The summed E-state index contributed by atoms with van der Waals surface area (Å²) in [5.41, 5.74) is 0.0393. The molecule has 0 amide bonds. The third-order valence-corrected chi connectivity index (χ3v) is 2.55. The fourth-order valence-electron chi connectivity index (χ4n) is 1.46. The molecule has 0 aromatic heterocycles. The minimum absolute atomic E-state index is 0.0997. The van der Waals surface area contributed by atoms with Crippen LogP contribution in [-0.4, -0.2) is 17.4 Å². The number of hydrogen-bond donors (Lipinski definition) is 1. The summed E-state index contributed by atoms with van der Waals surface area (Å²) in [6.07, 6.45) is 2.08. The summed E-state index contributed by atoms with van der Waals surface area (Å²) in [5, 5.41) is 9.63. The summed E-state index contributed by atoms with van der Waals surface area (Å²) >= 11 is 0. The van der Waals surface area contributed by atoms with Gasteiger partial charge in [-0.2, -0.15) is 0 Å². The Labute approximate surface area is 80.7 Å². The van der Waals surface area contributed by atoms with Gasteiger partial charge in [0.15, 0.2) is 0 Å². The van der Waals surface area contributed by atoms with Crippen molar-refractivity contribution >= 4 is 0 Å². The Kier molecular flexibility index (Phi) is 5.23. The monoisotopic (exact) mass is 188 g/mol. The number of hydrogen-bond acceptors (Lipinski definition) is 1. The molecular formula is C11H21FO. The topological polar surface area (TPSA) is 20.2 Å². The van der Waals surface area contributed by atoms with Gasteiger partial charge in [0.2, 0.25) is 0 Å². The minimum Gasteiger partial charge on any atom is -0.386 e. The predicted molar refractivity (Wildman–Crippen MR) is 54.4 cm³/mol. The Balaban J connectivity index is 0.000000671. The zero-order chi connectivity index (χ0) is 10.5. The molecule has 13 heavy (non-hydrogen) atoms. The van der Waals surface area contributed by atoms with Gasteiger partial charge in [-0.25, -0.2) is 0 Å². The first kappa shape index (κ1) is 12.6. The molecule has 2 heteroatoms. The molecule has 2 unspecified atom stereocenters. The third kappa shape index (κ3) is 3.47. The lowest BCUT2D eigenvalue weighted by atomic mass is 9.77. The maximum Gasteiger partial charge on any atom is 0.0925 e. The Morgan fingerprint density at radius 3 is 2.54 bits per heavy atom. The second kappa shape index (κ2) is 5.38. The van der Waals surface area contributed by atoms with E-state index < -0.39 is 5.60 Å². The standard InChI is InChI=1S/C9H15FO.C2H6/c1-7-5-8(6-10)3-4-9(7,2)11;1-2/h8,11H,1,3-6H2,2H3;1-2H3. The lowest BCUT2D eigenvalue weighted by Crippen LogP contribution is -2.33. The van der Waals surface area contributed by atoms with Gasteiger partial charge in [-0.1, -0.05) is 20.4 Å². The highest BCUT2D eigenvalue weighted by Crippen LogP contribution is 2.35. The molecule has 1 nitrogen and oxygen atoms in total. The maximum atomic E-state index is 12.2. The summed E-state index contributed by atoms with van der Waals surface area (Å²) in [5.74, 6) is 0.0997. The van der Waals surface area contributed by atoms with Crippen LogP contribution in [0.2, 0.25) is 0 Å². The second-order valence-corrected chi connectivity index (χ2v) is 3.64. The Hall–Kier alpha value is -0.370. The minimum atomic E-state index is -0.744. The molecule has 0 radical (unpaired) electrons. The van der Waals surface area contributed by atoms with Crippen molar-refractivity contribution in [1.29, 1.82) is 0 Å². The van der Waals surface area contributed by atoms with E-state index in [2.05, 4.69) is 6.58 Å². The summed E-state index contributed by atoms with van der Waals surface area (Å²) in [6, 6.07) is 0. The average Bonchev–Trinajstić information content (AvgIpc) is 2.13. The van der Waals surface area contributed by atoms with Gasteiger partial charge in [0.25, 0.3) is 0 Å². The third-order valence-electron chi connectivity index (χ3n) is 2.55. The Morgan fingerprint density at radius 1 is 1.62 bits per heavy atom. The molecule has 0 aliphatic heterocycles. The van der Waals surface area contributed by atoms with Crippen molar-refractivity contribution in [3.05, 3.63) is 12.2 Å². The van der Waals surface area contributed by atoms with E-state index in [9.17, 15) is 9.50 Å². The maximum absolute atomic E-state index is 12.2. The van der Waals surface area contributed by atoms with E-state index in [0.717, 1.165) is 12.0 Å². The van der Waals surface area contributed by atoms with E-state index in [1.165, 1.54) is 0 Å². The SMILES string of the molecule is C=C1CC(CF)CCC1(C)O.CC. The highest BCUT2D eigenvalue weighted by molar-refractivity contribution is 5.14. The normalized spacial score (nSPS) is 33.6. The summed E-state index contributed by atoms with van der Waals surface area (Å²) in [4.78, 5) is 0. The van der Waals surface area contributed by atoms with E-state index in [4.69, 9.17) is 0 Å². The fraction of sp³-hybridized carbons (Fsp3) is 0.818. The number of rotatable bonds is 1. The van der Waals surface area contributed by atoms with E-state index in [0.29, 0.717) is 12.8 Å². The van der Waals surface area contributed by atoms with Crippen LogP contribution in [-0.2, 0) is 0 Å². The highest BCUT2D eigenvalue weighted by Gasteiger charge is 2.31. The van der Waals surface area contributed by atoms with Crippen LogP contribution >= 0.6 is 0 Å². The Bertz CT molecular complexity index is 163. The van der Waals surface area contributed by atoms with Crippen LogP contribution in [0.25, 0.3) is 0 Å². The first-order chi connectivity index (χ1) is 6.06. The van der Waals surface area contributed by atoms with Gasteiger partial charge >= 0.3 is 0 Å². The van der Waals surface area contributed by atoms with Gasteiger partial charge in [0, 0.05) is 0 Å². The van der Waals surface area contributed by atoms with Crippen molar-refractivity contribution < 1.29 is 9.50 Å². The van der Waals surface area contributed by atoms with Crippen LogP contribution in [0.4, 0.5) is 4.39 Å². The summed E-state index contributed by atoms with van der Waals surface area (Å²) in [6.45, 7) is 9.22. The molecular weight excluding hydrogens is 167 g/mol. The Morgan fingerprint density at radius 2 is 2.15 bits per heavy atom. The van der Waals surface area contributed by atoms with Crippen molar-refractivity contribution in [2.45, 2.75) is 45.6 Å². The lowest BCUT2D eigenvalue weighted by molar-refractivity contribution is 0.0550. The smallest absolute Gasteiger partial charge is 0.0925 e. The van der Waals surface area contributed by atoms with Crippen molar-refractivity contribution in [3.63, 3.8) is 0 Å². The first-order valence-corrected chi connectivity index (χ1v) is 5.03. The molecule has 0 bridgehead atoms. The van der Waals surface area contributed by atoms with Crippen LogP contribution in [0.1, 0.15) is 40.0 Å². The van der Waals surface area contributed by atoms with Crippen LogP contribution in [0, 0.1) is 5.92 Å². The van der Waals surface area contributed by atoms with E-state index in [1.807, 2.05) is 13.8 Å². The van der Waals surface area contributed by atoms with Crippen molar-refractivity contribution in [3.8, 4) is 0 Å². The molecule has 78 valence electrons. The van der Waals surface area contributed by atoms with Gasteiger partial charge in [-0.3, -0.25) is 4.39 Å². The first-order valence-electron chi connectivity index (χ1n) is 5.03. The summed E-state index contributed by atoms with van der Waals surface area (Å²) < 4.78 is 12.2. The molecule has 0 aromatic rings. The molecule has 0 aromatic carbocycles. The molecule has 1 fully saturated rings. The molecule has 1 aliphatic rings. The molecule has 0 heterocycles. The molecule has 1 N–H and O–H groups in total. The zero-order valence-electron chi connectivity index (χ0n) is 8.94. The van der Waals surface area contributed by atoms with Crippen LogP contribution in [0.5, 0.6) is 0 Å². The number of alkyl halides is 1. The van der Waals surface area contributed by atoms with Crippen molar-refractivity contribution in [1.82, 2.24) is 0 Å². The van der Waals surface area contributed by atoms with Crippen LogP contribution in [0.3, 0.4) is 0 Å². The molecule has 1 rings (SSSR count). The number of halogens is 1. The summed E-state index contributed by atoms with van der Waals surface area (Å²) in [7, 11) is 0. The van der Waals surface area contributed by atoms with E-state index in [-0.39, 0.29) is 12.6 Å². The van der Waals surface area contributed by atoms with Gasteiger partial charge < -0.3 is 5.11 Å². The lowest BCUT2D eigenvalue weighted by Gasteiger charge is -2.34. The molecule has 1 aliphatic carbocycles. The average molecular weight is 188 g/mol. The molecule has 0 spiro atoms. The second-order valence-electron chi connectivity index (χ2n) is 3.64. The van der Waals surface area contributed by atoms with Crippen molar-refractivity contribution in [2.24, 2.45) is 5.92 Å². The largest absolute Gasteiger partial charge is 0.386 e. The quantitative estimate of drug-likeness (QED) is 0.627. The predicted octanol–water partition coefficient (Wildman–Crippen LogP) is 3.09. The molecule has 2 atom stereocenters. The van der Waals surface area contributed by atoms with Gasteiger partial charge in [-0.15, -0.1) is 0 Å². The zero-order valence-corrected chi connectivity index (χ0v) is 8.94.